The number of amides is 5. The van der Waals surface area contributed by atoms with Gasteiger partial charge in [0.2, 0.25) is 5.91 Å². The van der Waals surface area contributed by atoms with Crippen molar-refractivity contribution in [3.8, 4) is 0 Å². The van der Waals surface area contributed by atoms with Crippen molar-refractivity contribution >= 4 is 62.8 Å². The highest BCUT2D eigenvalue weighted by atomic mass is 79.9. The van der Waals surface area contributed by atoms with E-state index in [2.05, 4.69) is 21.2 Å². The van der Waals surface area contributed by atoms with E-state index in [0.29, 0.717) is 31.9 Å². The molecule has 0 radical (unpaired) electrons. The van der Waals surface area contributed by atoms with Crippen LogP contribution >= 0.6 is 15.9 Å². The molecule has 0 spiro atoms. The minimum absolute atomic E-state index is 0.0436. The van der Waals surface area contributed by atoms with Crippen LogP contribution in [-0.4, -0.2) is 59.8 Å². The minimum atomic E-state index is -0.896. The predicted molar refractivity (Wildman–Crippen MR) is 131 cm³/mol. The summed E-state index contributed by atoms with van der Waals surface area (Å²) in [4.78, 5) is 65.3. The number of imide groups is 2. The Morgan fingerprint density at radius 2 is 1.71 bits per heavy atom. The number of urea groups is 1. The molecule has 35 heavy (non-hydrogen) atoms. The second-order valence-electron chi connectivity index (χ2n) is 7.93. The first-order chi connectivity index (χ1) is 16.7. The summed E-state index contributed by atoms with van der Waals surface area (Å²) in [6.07, 6.45) is 1.26. The van der Waals surface area contributed by atoms with E-state index in [1.54, 1.807) is 35.2 Å². The molecule has 2 aromatic rings. The lowest BCUT2D eigenvalue weighted by molar-refractivity contribution is -0.384. The van der Waals surface area contributed by atoms with Crippen molar-refractivity contribution in [1.29, 1.82) is 0 Å². The van der Waals surface area contributed by atoms with Crippen LogP contribution in [0.3, 0.4) is 0 Å². The molecule has 0 aliphatic carbocycles. The third kappa shape index (κ3) is 4.92. The zero-order chi connectivity index (χ0) is 25.3. The highest BCUT2D eigenvalue weighted by Gasteiger charge is 2.37. The molecule has 1 N–H and O–H groups in total. The third-order valence-electron chi connectivity index (χ3n) is 5.77. The normalized spacial score (nSPS) is 17.6. The second-order valence-corrected chi connectivity index (χ2v) is 8.84. The number of non-ortho nitro benzene ring substituents is 1. The van der Waals surface area contributed by atoms with Gasteiger partial charge in [-0.1, -0.05) is 15.9 Å². The van der Waals surface area contributed by atoms with Gasteiger partial charge in [-0.3, -0.25) is 29.8 Å². The Labute approximate surface area is 208 Å². The first-order valence-electron chi connectivity index (χ1n) is 10.6. The number of nitrogens with one attached hydrogen (secondary N) is 1. The highest BCUT2D eigenvalue weighted by Crippen LogP contribution is 2.30. The van der Waals surface area contributed by atoms with Gasteiger partial charge in [0.05, 0.1) is 10.6 Å². The molecule has 4 rings (SSSR count). The van der Waals surface area contributed by atoms with Crippen LogP contribution in [-0.2, 0) is 14.4 Å². The Bertz CT molecular complexity index is 1270. The van der Waals surface area contributed by atoms with Crippen LogP contribution in [0.4, 0.5) is 21.9 Å². The fraction of sp³-hybridized carbons (Fsp3) is 0.217. The van der Waals surface area contributed by atoms with Crippen LogP contribution in [0.25, 0.3) is 6.08 Å². The van der Waals surface area contributed by atoms with E-state index in [1.165, 1.54) is 25.1 Å². The van der Waals surface area contributed by atoms with Crippen LogP contribution in [0.5, 0.6) is 0 Å². The highest BCUT2D eigenvalue weighted by molar-refractivity contribution is 9.10. The summed E-state index contributed by atoms with van der Waals surface area (Å²) >= 11 is 3.29. The minimum Gasteiger partial charge on any atom is -0.367 e. The summed E-state index contributed by atoms with van der Waals surface area (Å²) in [5.41, 5.74) is 0.552. The van der Waals surface area contributed by atoms with Gasteiger partial charge in [0.15, 0.2) is 0 Å². The van der Waals surface area contributed by atoms with Crippen LogP contribution in [0.1, 0.15) is 12.5 Å². The number of nitro benzene ring substituents is 1. The average Bonchev–Trinajstić information content (AvgIpc) is 2.82. The van der Waals surface area contributed by atoms with E-state index in [9.17, 15) is 29.3 Å². The fourth-order valence-corrected chi connectivity index (χ4v) is 4.22. The Morgan fingerprint density at radius 3 is 2.31 bits per heavy atom. The number of nitrogens with zero attached hydrogens (tertiary/aromatic N) is 4. The van der Waals surface area contributed by atoms with Crippen molar-refractivity contribution in [2.45, 2.75) is 6.92 Å². The van der Waals surface area contributed by atoms with Crippen molar-refractivity contribution in [1.82, 2.24) is 10.2 Å². The number of benzene rings is 2. The van der Waals surface area contributed by atoms with Crippen LogP contribution in [0.15, 0.2) is 52.5 Å². The van der Waals surface area contributed by atoms with Crippen molar-refractivity contribution in [2.75, 3.05) is 36.0 Å². The standard InChI is InChI=1S/C23H20BrN5O6/c1-14(30)26-8-10-27(11-9-26)20-7-6-18(29(34)35)12-15(20)13-19-21(31)25-23(33)28(22(19)32)17-4-2-16(24)3-5-17/h2-7,12-13H,8-11H2,1H3,(H,25,31,33)/b19-13-. The van der Waals surface area contributed by atoms with Gasteiger partial charge in [-0.2, -0.15) is 0 Å². The maximum absolute atomic E-state index is 13.2. The van der Waals surface area contributed by atoms with Crippen molar-refractivity contribution in [3.63, 3.8) is 0 Å². The third-order valence-corrected chi connectivity index (χ3v) is 6.30. The van der Waals surface area contributed by atoms with Gasteiger partial charge in [-0.25, -0.2) is 9.69 Å². The lowest BCUT2D eigenvalue weighted by Crippen LogP contribution is -2.54. The van der Waals surface area contributed by atoms with E-state index >= 15 is 0 Å². The smallest absolute Gasteiger partial charge is 0.335 e. The molecule has 2 aliphatic heterocycles. The molecule has 12 heteroatoms. The Morgan fingerprint density at radius 1 is 1.06 bits per heavy atom. The molecule has 180 valence electrons. The van der Waals surface area contributed by atoms with Gasteiger partial charge in [0.25, 0.3) is 17.5 Å². The predicted octanol–water partition coefficient (Wildman–Crippen LogP) is 2.69. The molecule has 0 bridgehead atoms. The summed E-state index contributed by atoms with van der Waals surface area (Å²) in [5, 5.41) is 13.6. The van der Waals surface area contributed by atoms with E-state index in [-0.39, 0.29) is 28.4 Å². The van der Waals surface area contributed by atoms with Gasteiger partial charge in [0, 0.05) is 61.0 Å². The molecule has 11 nitrogen and oxygen atoms in total. The molecule has 0 atom stereocenters. The number of nitro groups is 1. The maximum Gasteiger partial charge on any atom is 0.335 e. The van der Waals surface area contributed by atoms with Gasteiger partial charge in [0.1, 0.15) is 5.57 Å². The molecule has 5 amide bonds. The van der Waals surface area contributed by atoms with Crippen LogP contribution < -0.4 is 15.1 Å². The van der Waals surface area contributed by atoms with Gasteiger partial charge in [-0.05, 0) is 36.4 Å². The quantitative estimate of drug-likeness (QED) is 0.272. The Hall–Kier alpha value is -4.06. The first-order valence-corrected chi connectivity index (χ1v) is 11.4. The number of piperazine rings is 1. The topological polar surface area (TPSA) is 133 Å². The van der Waals surface area contributed by atoms with Crippen LogP contribution in [0, 0.1) is 10.1 Å². The summed E-state index contributed by atoms with van der Waals surface area (Å²) in [6, 6.07) is 9.67. The molecule has 0 aromatic heterocycles. The van der Waals surface area contributed by atoms with E-state index in [0.717, 1.165) is 9.37 Å². The van der Waals surface area contributed by atoms with E-state index in [4.69, 9.17) is 0 Å². The zero-order valence-corrected chi connectivity index (χ0v) is 20.1. The summed E-state index contributed by atoms with van der Waals surface area (Å²) in [6.45, 7) is 3.36. The lowest BCUT2D eigenvalue weighted by atomic mass is 10.0. The summed E-state index contributed by atoms with van der Waals surface area (Å²) in [5.74, 6) is -1.79. The maximum atomic E-state index is 13.2. The van der Waals surface area contributed by atoms with Crippen molar-refractivity contribution in [3.05, 3.63) is 68.2 Å². The Balaban J connectivity index is 1.74. The second kappa shape index (κ2) is 9.66. The number of anilines is 2. The number of barbiturate groups is 1. The molecule has 2 aromatic carbocycles. The van der Waals surface area contributed by atoms with Crippen LogP contribution in [0.2, 0.25) is 0 Å². The fourth-order valence-electron chi connectivity index (χ4n) is 3.96. The number of hydrogen-bond donors (Lipinski definition) is 1. The average molecular weight is 542 g/mol. The summed E-state index contributed by atoms with van der Waals surface area (Å²) < 4.78 is 0.740. The molecule has 2 heterocycles. The Kier molecular flexibility index (Phi) is 6.65. The lowest BCUT2D eigenvalue weighted by Gasteiger charge is -2.36. The molecule has 2 fully saturated rings. The molecular formula is C23H20BrN5O6. The number of rotatable bonds is 4. The van der Waals surface area contributed by atoms with Crippen molar-refractivity contribution in [2.24, 2.45) is 0 Å². The molecule has 0 unspecified atom stereocenters. The number of halogens is 1. The van der Waals surface area contributed by atoms with Gasteiger partial charge in [-0.15, -0.1) is 0 Å². The monoisotopic (exact) mass is 541 g/mol. The first kappa shape index (κ1) is 24.1. The molecule has 2 saturated heterocycles. The SMILES string of the molecule is CC(=O)N1CCN(c2ccc([N+](=O)[O-])cc2/C=C2/C(=O)NC(=O)N(c3ccc(Br)cc3)C2=O)CC1. The van der Waals surface area contributed by atoms with Gasteiger partial charge < -0.3 is 9.80 Å². The largest absolute Gasteiger partial charge is 0.367 e. The van der Waals surface area contributed by atoms with E-state index in [1.807, 2.05) is 4.90 Å². The summed E-state index contributed by atoms with van der Waals surface area (Å²) in [7, 11) is 0. The van der Waals surface area contributed by atoms with E-state index < -0.39 is 22.8 Å². The number of carbonyl (C=O) groups is 4. The van der Waals surface area contributed by atoms with Gasteiger partial charge >= 0.3 is 6.03 Å². The number of carbonyl (C=O) groups excluding carboxylic acids is 4. The molecule has 0 saturated carbocycles. The molecule has 2 aliphatic rings. The number of hydrogen-bond acceptors (Lipinski definition) is 7. The van der Waals surface area contributed by atoms with Crippen molar-refractivity contribution < 1.29 is 24.1 Å². The molecular weight excluding hydrogens is 522 g/mol. The zero-order valence-electron chi connectivity index (χ0n) is 18.6.